The number of hydrogen-bond acceptors (Lipinski definition) is 3. The molecule has 0 radical (unpaired) electrons. The SMILES string of the molecule is O=Cc1cc(F)c(C=O)cn1. The molecule has 0 saturated heterocycles. The summed E-state index contributed by atoms with van der Waals surface area (Å²) in [5.74, 6) is -0.725. The smallest absolute Gasteiger partial charge is 0.168 e. The van der Waals surface area contributed by atoms with Crippen LogP contribution in [-0.2, 0) is 0 Å². The van der Waals surface area contributed by atoms with E-state index in [0.717, 1.165) is 12.3 Å². The average molecular weight is 153 g/mol. The van der Waals surface area contributed by atoms with Gasteiger partial charge in [0.2, 0.25) is 0 Å². The molecule has 0 amide bonds. The molecule has 1 rings (SSSR count). The molecule has 1 aromatic rings. The molecule has 0 bridgehead atoms. The Morgan fingerprint density at radius 3 is 2.55 bits per heavy atom. The van der Waals surface area contributed by atoms with Gasteiger partial charge in [-0.15, -0.1) is 0 Å². The standard InChI is InChI=1S/C7H4FNO2/c8-7-1-6(4-11)9-2-5(7)3-10/h1-4H. The van der Waals surface area contributed by atoms with Gasteiger partial charge in [-0.3, -0.25) is 14.6 Å². The fourth-order valence-corrected chi connectivity index (χ4v) is 0.607. The van der Waals surface area contributed by atoms with Crippen molar-refractivity contribution >= 4 is 12.6 Å². The molecular formula is C7H4FNO2. The lowest BCUT2D eigenvalue weighted by molar-refractivity contribution is 0.110. The summed E-state index contributed by atoms with van der Waals surface area (Å²) in [7, 11) is 0. The van der Waals surface area contributed by atoms with E-state index in [1.165, 1.54) is 0 Å². The van der Waals surface area contributed by atoms with Crippen LogP contribution in [0.1, 0.15) is 20.8 Å². The fourth-order valence-electron chi connectivity index (χ4n) is 0.607. The monoisotopic (exact) mass is 153 g/mol. The lowest BCUT2D eigenvalue weighted by Crippen LogP contribution is -1.93. The summed E-state index contributed by atoms with van der Waals surface area (Å²) in [4.78, 5) is 23.6. The Bertz CT molecular complexity index is 298. The van der Waals surface area contributed by atoms with Crippen molar-refractivity contribution in [1.82, 2.24) is 4.98 Å². The van der Waals surface area contributed by atoms with Crippen LogP contribution in [0.15, 0.2) is 12.3 Å². The van der Waals surface area contributed by atoms with Crippen LogP contribution >= 0.6 is 0 Å². The van der Waals surface area contributed by atoms with Crippen molar-refractivity contribution in [2.45, 2.75) is 0 Å². The first-order valence-electron chi connectivity index (χ1n) is 2.84. The van der Waals surface area contributed by atoms with Gasteiger partial charge < -0.3 is 0 Å². The van der Waals surface area contributed by atoms with Crippen molar-refractivity contribution in [3.63, 3.8) is 0 Å². The van der Waals surface area contributed by atoms with Crippen molar-refractivity contribution in [2.24, 2.45) is 0 Å². The maximum atomic E-state index is 12.6. The summed E-state index contributed by atoms with van der Waals surface area (Å²) in [5, 5.41) is 0. The summed E-state index contributed by atoms with van der Waals surface area (Å²) >= 11 is 0. The highest BCUT2D eigenvalue weighted by molar-refractivity contribution is 5.77. The summed E-state index contributed by atoms with van der Waals surface area (Å²) in [6.45, 7) is 0. The number of pyridine rings is 1. The van der Waals surface area contributed by atoms with E-state index in [0.29, 0.717) is 12.6 Å². The van der Waals surface area contributed by atoms with E-state index in [-0.39, 0.29) is 11.3 Å². The number of hydrogen-bond donors (Lipinski definition) is 0. The van der Waals surface area contributed by atoms with Gasteiger partial charge in [-0.25, -0.2) is 4.39 Å². The van der Waals surface area contributed by atoms with E-state index < -0.39 is 5.82 Å². The molecule has 0 N–H and O–H groups in total. The predicted octanol–water partition coefficient (Wildman–Crippen LogP) is 0.846. The van der Waals surface area contributed by atoms with Gasteiger partial charge in [0.15, 0.2) is 12.6 Å². The molecule has 0 aliphatic heterocycles. The Labute approximate surface area is 61.9 Å². The van der Waals surface area contributed by atoms with Gasteiger partial charge in [-0.05, 0) is 0 Å². The maximum Gasteiger partial charge on any atom is 0.168 e. The molecule has 0 spiro atoms. The van der Waals surface area contributed by atoms with Crippen molar-refractivity contribution in [3.05, 3.63) is 29.3 Å². The number of rotatable bonds is 2. The van der Waals surface area contributed by atoms with Crippen LogP contribution in [0.5, 0.6) is 0 Å². The zero-order valence-corrected chi connectivity index (χ0v) is 5.45. The molecule has 0 aliphatic rings. The van der Waals surface area contributed by atoms with E-state index >= 15 is 0 Å². The quantitative estimate of drug-likeness (QED) is 0.591. The van der Waals surface area contributed by atoms with Crippen molar-refractivity contribution < 1.29 is 14.0 Å². The first kappa shape index (κ1) is 7.53. The van der Waals surface area contributed by atoms with Crippen LogP contribution in [-0.4, -0.2) is 17.6 Å². The lowest BCUT2D eigenvalue weighted by Gasteiger charge is -1.92. The second-order valence-electron chi connectivity index (χ2n) is 1.87. The van der Waals surface area contributed by atoms with Crippen molar-refractivity contribution in [3.8, 4) is 0 Å². The Balaban J connectivity index is 3.18. The van der Waals surface area contributed by atoms with Crippen molar-refractivity contribution in [2.75, 3.05) is 0 Å². The maximum absolute atomic E-state index is 12.6. The molecule has 1 heterocycles. The molecule has 0 saturated carbocycles. The average Bonchev–Trinajstić information content (AvgIpc) is 2.04. The minimum Gasteiger partial charge on any atom is -0.298 e. The molecule has 0 aromatic carbocycles. The van der Waals surface area contributed by atoms with E-state index in [2.05, 4.69) is 4.98 Å². The summed E-state index contributed by atoms with van der Waals surface area (Å²) in [6.07, 6.45) is 1.78. The molecule has 0 unspecified atom stereocenters. The number of nitrogens with zero attached hydrogens (tertiary/aromatic N) is 1. The topological polar surface area (TPSA) is 47.0 Å². The van der Waals surface area contributed by atoms with Crippen molar-refractivity contribution in [1.29, 1.82) is 0 Å². The van der Waals surface area contributed by atoms with Gasteiger partial charge in [0, 0.05) is 12.3 Å². The number of halogens is 1. The Kier molecular flexibility index (Phi) is 2.06. The fraction of sp³-hybridized carbons (Fsp3) is 0. The highest BCUT2D eigenvalue weighted by atomic mass is 19.1. The minimum absolute atomic E-state index is 0.0203. The van der Waals surface area contributed by atoms with Gasteiger partial charge in [0.1, 0.15) is 11.5 Å². The Morgan fingerprint density at radius 2 is 2.09 bits per heavy atom. The molecule has 56 valence electrons. The van der Waals surface area contributed by atoms with Gasteiger partial charge in [0.25, 0.3) is 0 Å². The molecule has 4 heteroatoms. The molecule has 0 aliphatic carbocycles. The first-order valence-corrected chi connectivity index (χ1v) is 2.84. The molecule has 3 nitrogen and oxygen atoms in total. The third-order valence-electron chi connectivity index (χ3n) is 1.15. The summed E-state index contributed by atoms with van der Waals surface area (Å²) < 4.78 is 12.6. The van der Waals surface area contributed by atoms with E-state index in [9.17, 15) is 14.0 Å². The molecule has 0 fully saturated rings. The van der Waals surface area contributed by atoms with Gasteiger partial charge in [-0.1, -0.05) is 0 Å². The van der Waals surface area contributed by atoms with Crippen LogP contribution in [0.2, 0.25) is 0 Å². The second-order valence-corrected chi connectivity index (χ2v) is 1.87. The predicted molar refractivity (Wildman–Crippen MR) is 35.0 cm³/mol. The van der Waals surface area contributed by atoms with E-state index in [1.807, 2.05) is 0 Å². The largest absolute Gasteiger partial charge is 0.298 e. The number of aldehydes is 2. The van der Waals surface area contributed by atoms with Gasteiger partial charge in [0.05, 0.1) is 5.56 Å². The summed E-state index contributed by atoms with van der Waals surface area (Å²) in [6, 6.07) is 0.913. The highest BCUT2D eigenvalue weighted by Gasteiger charge is 2.01. The number of carbonyl (C=O) groups excluding carboxylic acids is 2. The van der Waals surface area contributed by atoms with Gasteiger partial charge in [-0.2, -0.15) is 0 Å². The normalized spacial score (nSPS) is 9.18. The molecular weight excluding hydrogens is 149 g/mol. The highest BCUT2D eigenvalue weighted by Crippen LogP contribution is 2.02. The van der Waals surface area contributed by atoms with E-state index in [1.54, 1.807) is 0 Å². The second kappa shape index (κ2) is 3.01. The third-order valence-corrected chi connectivity index (χ3v) is 1.15. The Hall–Kier alpha value is -1.58. The molecule has 1 aromatic heterocycles. The van der Waals surface area contributed by atoms with Crippen LogP contribution in [0.3, 0.4) is 0 Å². The van der Waals surface area contributed by atoms with Crippen LogP contribution in [0.4, 0.5) is 4.39 Å². The van der Waals surface area contributed by atoms with Crippen LogP contribution in [0, 0.1) is 5.82 Å². The zero-order valence-electron chi connectivity index (χ0n) is 5.45. The summed E-state index contributed by atoms with van der Waals surface area (Å²) in [5.41, 5.74) is -0.163. The van der Waals surface area contributed by atoms with Crippen LogP contribution in [0.25, 0.3) is 0 Å². The molecule has 11 heavy (non-hydrogen) atoms. The number of aromatic nitrogens is 1. The Morgan fingerprint density at radius 1 is 1.36 bits per heavy atom. The minimum atomic E-state index is -0.725. The van der Waals surface area contributed by atoms with Crippen LogP contribution < -0.4 is 0 Å². The number of carbonyl (C=O) groups is 2. The zero-order chi connectivity index (χ0) is 8.27. The lowest BCUT2D eigenvalue weighted by atomic mass is 10.2. The van der Waals surface area contributed by atoms with E-state index in [4.69, 9.17) is 0 Å². The molecule has 0 atom stereocenters. The third kappa shape index (κ3) is 1.46. The first-order chi connectivity index (χ1) is 5.27. The van der Waals surface area contributed by atoms with Gasteiger partial charge >= 0.3 is 0 Å².